The number of rotatable bonds is 6. The van der Waals surface area contributed by atoms with Crippen molar-refractivity contribution in [1.82, 2.24) is 5.32 Å². The van der Waals surface area contributed by atoms with Gasteiger partial charge in [0.05, 0.1) is 23.1 Å². The molecule has 0 spiro atoms. The number of amides is 1. The van der Waals surface area contributed by atoms with Gasteiger partial charge < -0.3 is 10.1 Å². The summed E-state index contributed by atoms with van der Waals surface area (Å²) in [5.41, 5.74) is 2.07. The van der Waals surface area contributed by atoms with Gasteiger partial charge in [0.25, 0.3) is 11.6 Å². The van der Waals surface area contributed by atoms with Crippen LogP contribution >= 0.6 is 0 Å². The van der Waals surface area contributed by atoms with Crippen molar-refractivity contribution in [3.8, 4) is 5.75 Å². The third-order valence-corrected chi connectivity index (χ3v) is 3.61. The molecule has 0 fully saturated rings. The molecule has 0 bridgehead atoms. The fourth-order valence-corrected chi connectivity index (χ4v) is 2.39. The van der Waals surface area contributed by atoms with E-state index in [1.54, 1.807) is 6.92 Å². The highest BCUT2D eigenvalue weighted by atomic mass is 16.6. The second kappa shape index (κ2) is 7.59. The molecule has 0 radical (unpaired) electrons. The van der Waals surface area contributed by atoms with Crippen LogP contribution in [-0.2, 0) is 0 Å². The topological polar surface area (TPSA) is 81.5 Å². The lowest BCUT2D eigenvalue weighted by molar-refractivity contribution is -0.384. The lowest BCUT2D eigenvalue weighted by atomic mass is 10.0. The summed E-state index contributed by atoms with van der Waals surface area (Å²) >= 11 is 0. The predicted molar refractivity (Wildman–Crippen MR) is 91.3 cm³/mol. The minimum Gasteiger partial charge on any atom is -0.493 e. The van der Waals surface area contributed by atoms with Gasteiger partial charge >= 0.3 is 0 Å². The average molecular weight is 328 g/mol. The maximum absolute atomic E-state index is 12.6. The highest BCUT2D eigenvalue weighted by Crippen LogP contribution is 2.25. The second-order valence-electron chi connectivity index (χ2n) is 5.48. The first-order valence-electron chi connectivity index (χ1n) is 7.71. The number of ether oxygens (including phenoxy) is 1. The number of non-ortho nitro benzene ring substituents is 1. The van der Waals surface area contributed by atoms with E-state index in [9.17, 15) is 14.9 Å². The Bertz CT molecular complexity index is 758. The van der Waals surface area contributed by atoms with Gasteiger partial charge in [-0.05, 0) is 32.4 Å². The third kappa shape index (κ3) is 4.10. The average Bonchev–Trinajstić information content (AvgIpc) is 2.55. The Kier molecular flexibility index (Phi) is 5.52. The molecule has 2 aromatic carbocycles. The van der Waals surface area contributed by atoms with E-state index in [0.717, 1.165) is 11.1 Å². The number of benzene rings is 2. The highest BCUT2D eigenvalue weighted by Gasteiger charge is 2.19. The normalized spacial score (nSPS) is 11.6. The van der Waals surface area contributed by atoms with Crippen LogP contribution < -0.4 is 10.1 Å². The molecule has 1 unspecified atom stereocenters. The van der Waals surface area contributed by atoms with Crippen LogP contribution in [0.25, 0.3) is 0 Å². The van der Waals surface area contributed by atoms with Gasteiger partial charge in [-0.25, -0.2) is 0 Å². The summed E-state index contributed by atoms with van der Waals surface area (Å²) in [4.78, 5) is 23.0. The zero-order chi connectivity index (χ0) is 17.7. The molecule has 6 heteroatoms. The zero-order valence-corrected chi connectivity index (χ0v) is 13.9. The van der Waals surface area contributed by atoms with Crippen LogP contribution in [0.4, 0.5) is 5.69 Å². The number of aryl methyl sites for hydroxylation is 1. The van der Waals surface area contributed by atoms with Gasteiger partial charge in [0.1, 0.15) is 5.75 Å². The van der Waals surface area contributed by atoms with E-state index < -0.39 is 10.8 Å². The van der Waals surface area contributed by atoms with E-state index in [1.165, 1.54) is 18.2 Å². The lowest BCUT2D eigenvalue weighted by Crippen LogP contribution is -2.27. The van der Waals surface area contributed by atoms with Crippen LogP contribution in [0, 0.1) is 17.0 Å². The summed E-state index contributed by atoms with van der Waals surface area (Å²) in [6, 6.07) is 11.6. The Hall–Kier alpha value is -2.89. The number of nitro groups is 1. The lowest BCUT2D eigenvalue weighted by Gasteiger charge is -2.16. The zero-order valence-electron chi connectivity index (χ0n) is 13.9. The van der Waals surface area contributed by atoms with Crippen LogP contribution in [0.15, 0.2) is 42.5 Å². The summed E-state index contributed by atoms with van der Waals surface area (Å²) in [5.74, 6) is -0.0757. The first kappa shape index (κ1) is 17.5. The van der Waals surface area contributed by atoms with Gasteiger partial charge in [0, 0.05) is 12.1 Å². The summed E-state index contributed by atoms with van der Waals surface area (Å²) in [6.07, 6.45) is 0. The molecule has 1 amide bonds. The van der Waals surface area contributed by atoms with Crippen molar-refractivity contribution in [2.45, 2.75) is 26.8 Å². The number of nitrogens with zero attached hydrogens (tertiary/aromatic N) is 1. The van der Waals surface area contributed by atoms with Crippen molar-refractivity contribution >= 4 is 11.6 Å². The quantitative estimate of drug-likeness (QED) is 0.646. The Labute approximate surface area is 140 Å². The molecule has 0 aromatic heterocycles. The summed E-state index contributed by atoms with van der Waals surface area (Å²) in [5, 5.41) is 13.8. The second-order valence-corrected chi connectivity index (χ2v) is 5.48. The number of carbonyl (C=O) groups is 1. The van der Waals surface area contributed by atoms with E-state index in [-0.39, 0.29) is 17.3 Å². The van der Waals surface area contributed by atoms with Crippen molar-refractivity contribution in [2.24, 2.45) is 0 Å². The monoisotopic (exact) mass is 328 g/mol. The highest BCUT2D eigenvalue weighted by molar-refractivity contribution is 5.97. The van der Waals surface area contributed by atoms with Crippen molar-refractivity contribution in [3.05, 3.63) is 69.3 Å². The van der Waals surface area contributed by atoms with Crippen LogP contribution in [0.5, 0.6) is 5.75 Å². The summed E-state index contributed by atoms with van der Waals surface area (Å²) in [6.45, 7) is 6.00. The molecule has 1 atom stereocenters. The number of carbonyl (C=O) groups excluding carboxylic acids is 1. The minimum absolute atomic E-state index is 0.146. The Morgan fingerprint density at radius 1 is 1.29 bits per heavy atom. The molecular formula is C18H20N2O4. The van der Waals surface area contributed by atoms with E-state index >= 15 is 0 Å². The van der Waals surface area contributed by atoms with Gasteiger partial charge in [-0.15, -0.1) is 0 Å². The van der Waals surface area contributed by atoms with Crippen molar-refractivity contribution in [2.75, 3.05) is 6.61 Å². The Morgan fingerprint density at radius 3 is 2.67 bits per heavy atom. The maximum Gasteiger partial charge on any atom is 0.270 e. The Balaban J connectivity index is 2.27. The van der Waals surface area contributed by atoms with Gasteiger partial charge in [-0.2, -0.15) is 0 Å². The molecular weight excluding hydrogens is 308 g/mol. The van der Waals surface area contributed by atoms with E-state index in [2.05, 4.69) is 5.32 Å². The molecule has 24 heavy (non-hydrogen) atoms. The molecule has 0 heterocycles. The standard InChI is InChI=1S/C18H20N2O4/c1-4-24-17-9-8-15(20(22)23)11-16(17)18(21)19-13(3)14-7-5-6-12(2)10-14/h5-11,13H,4H2,1-3H3,(H,19,21). The molecule has 1 N–H and O–H groups in total. The van der Waals surface area contributed by atoms with Crippen molar-refractivity contribution < 1.29 is 14.5 Å². The Morgan fingerprint density at radius 2 is 2.04 bits per heavy atom. The van der Waals surface area contributed by atoms with Crippen LogP contribution in [-0.4, -0.2) is 17.4 Å². The largest absolute Gasteiger partial charge is 0.493 e. The molecule has 0 aliphatic heterocycles. The van der Waals surface area contributed by atoms with Gasteiger partial charge in [-0.3, -0.25) is 14.9 Å². The minimum atomic E-state index is -0.531. The first-order valence-corrected chi connectivity index (χ1v) is 7.71. The number of nitrogens with one attached hydrogen (secondary N) is 1. The fraction of sp³-hybridized carbons (Fsp3) is 0.278. The molecule has 2 aromatic rings. The van der Waals surface area contributed by atoms with Crippen molar-refractivity contribution in [1.29, 1.82) is 0 Å². The number of hydrogen-bond acceptors (Lipinski definition) is 4. The number of hydrogen-bond donors (Lipinski definition) is 1. The molecule has 2 rings (SSSR count). The number of nitro benzene ring substituents is 1. The van der Waals surface area contributed by atoms with Crippen molar-refractivity contribution in [3.63, 3.8) is 0 Å². The SMILES string of the molecule is CCOc1ccc([N+](=O)[O-])cc1C(=O)NC(C)c1cccc(C)c1. The first-order chi connectivity index (χ1) is 11.4. The smallest absolute Gasteiger partial charge is 0.270 e. The van der Waals surface area contributed by atoms with Gasteiger partial charge in [0.15, 0.2) is 0 Å². The third-order valence-electron chi connectivity index (χ3n) is 3.61. The van der Waals surface area contributed by atoms with Crippen LogP contribution in [0.3, 0.4) is 0 Å². The molecule has 0 saturated carbocycles. The van der Waals surface area contributed by atoms with Crippen LogP contribution in [0.2, 0.25) is 0 Å². The van der Waals surface area contributed by atoms with E-state index in [1.807, 2.05) is 38.1 Å². The fourth-order valence-electron chi connectivity index (χ4n) is 2.39. The van der Waals surface area contributed by atoms with Gasteiger partial charge in [-0.1, -0.05) is 29.8 Å². The molecule has 6 nitrogen and oxygen atoms in total. The summed E-state index contributed by atoms with van der Waals surface area (Å²) < 4.78 is 5.42. The van der Waals surface area contributed by atoms with E-state index in [4.69, 9.17) is 4.74 Å². The predicted octanol–water partition coefficient (Wildman–Crippen LogP) is 3.79. The molecule has 0 saturated heterocycles. The molecule has 0 aliphatic carbocycles. The molecule has 0 aliphatic rings. The van der Waals surface area contributed by atoms with Crippen LogP contribution in [0.1, 0.15) is 41.4 Å². The van der Waals surface area contributed by atoms with E-state index in [0.29, 0.717) is 12.4 Å². The van der Waals surface area contributed by atoms with Gasteiger partial charge in [0.2, 0.25) is 0 Å². The molecule has 126 valence electrons. The maximum atomic E-state index is 12.6. The summed E-state index contributed by atoms with van der Waals surface area (Å²) in [7, 11) is 0.